The Hall–Kier alpha value is -2.69. The number of sulfonamides is 1. The van der Waals surface area contributed by atoms with Crippen molar-refractivity contribution in [3.8, 4) is 0 Å². The van der Waals surface area contributed by atoms with Gasteiger partial charge in [-0.05, 0) is 49.2 Å². The highest BCUT2D eigenvalue weighted by Crippen LogP contribution is 2.14. The maximum absolute atomic E-state index is 12.3. The molecule has 0 radical (unpaired) electrons. The summed E-state index contributed by atoms with van der Waals surface area (Å²) in [4.78, 5) is 26.6. The Kier molecular flexibility index (Phi) is 5.89. The summed E-state index contributed by atoms with van der Waals surface area (Å²) in [5.74, 6) is -1.06. The van der Waals surface area contributed by atoms with Crippen LogP contribution in [-0.2, 0) is 14.8 Å². The number of carbonyl (C=O) groups excluding carboxylic acids is 2. The second-order valence-corrected chi connectivity index (χ2v) is 7.77. The van der Waals surface area contributed by atoms with Crippen LogP contribution >= 0.6 is 0 Å². The maximum Gasteiger partial charge on any atom is 0.286 e. The van der Waals surface area contributed by atoms with Crippen LogP contribution in [0.3, 0.4) is 0 Å². The van der Waals surface area contributed by atoms with Gasteiger partial charge in [0.05, 0.1) is 11.0 Å². The SMILES string of the molecule is O=C(NNC(=O)c1ccc[nH]1)c1ccc(S(=O)(=O)NC[C@H]2CCCO2)cc1. The topological polar surface area (TPSA) is 129 Å². The summed E-state index contributed by atoms with van der Waals surface area (Å²) in [6.07, 6.45) is 3.24. The van der Waals surface area contributed by atoms with Crippen molar-refractivity contribution in [3.05, 3.63) is 53.9 Å². The Balaban J connectivity index is 1.55. The minimum Gasteiger partial charge on any atom is -0.377 e. The van der Waals surface area contributed by atoms with Crippen LogP contribution < -0.4 is 15.6 Å². The number of hydrogen-bond acceptors (Lipinski definition) is 5. The molecule has 3 rings (SSSR count). The second-order valence-electron chi connectivity index (χ2n) is 6.00. The minimum atomic E-state index is -3.68. The van der Waals surface area contributed by atoms with E-state index in [-0.39, 0.29) is 23.1 Å². The molecule has 0 saturated carbocycles. The standard InChI is InChI=1S/C17H20N4O5S/c22-16(20-21-17(23)15-4-1-9-18-15)12-5-7-14(8-6-12)27(24,25)19-11-13-3-2-10-26-13/h1,4-9,13,18-19H,2-3,10-11H2,(H,20,22)(H,21,23)/t13-/m1/s1. The highest BCUT2D eigenvalue weighted by atomic mass is 32.2. The van der Waals surface area contributed by atoms with E-state index in [1.54, 1.807) is 18.3 Å². The van der Waals surface area contributed by atoms with E-state index in [9.17, 15) is 18.0 Å². The molecule has 1 fully saturated rings. The van der Waals surface area contributed by atoms with Gasteiger partial charge in [-0.15, -0.1) is 0 Å². The first-order chi connectivity index (χ1) is 13.0. The molecule has 0 aliphatic carbocycles. The number of hydrogen-bond donors (Lipinski definition) is 4. The van der Waals surface area contributed by atoms with Crippen molar-refractivity contribution in [2.45, 2.75) is 23.8 Å². The molecule has 0 bridgehead atoms. The monoisotopic (exact) mass is 392 g/mol. The van der Waals surface area contributed by atoms with E-state index < -0.39 is 21.8 Å². The quantitative estimate of drug-likeness (QED) is 0.534. The number of benzene rings is 1. The van der Waals surface area contributed by atoms with Crippen molar-refractivity contribution >= 4 is 21.8 Å². The van der Waals surface area contributed by atoms with Crippen LogP contribution in [0.1, 0.15) is 33.7 Å². The van der Waals surface area contributed by atoms with Gasteiger partial charge in [0.2, 0.25) is 10.0 Å². The first-order valence-corrected chi connectivity index (χ1v) is 9.89. The van der Waals surface area contributed by atoms with Crippen LogP contribution in [0.25, 0.3) is 0 Å². The molecule has 1 aliphatic heterocycles. The molecule has 1 aliphatic rings. The van der Waals surface area contributed by atoms with Crippen LogP contribution in [-0.4, -0.2) is 44.5 Å². The average molecular weight is 392 g/mol. The Morgan fingerprint density at radius 1 is 1.11 bits per heavy atom. The van der Waals surface area contributed by atoms with Crippen molar-refractivity contribution in [3.63, 3.8) is 0 Å². The van der Waals surface area contributed by atoms with Crippen LogP contribution in [0.2, 0.25) is 0 Å². The third-order valence-corrected chi connectivity index (χ3v) is 5.52. The lowest BCUT2D eigenvalue weighted by molar-refractivity contribution is 0.0844. The summed E-state index contributed by atoms with van der Waals surface area (Å²) in [5.41, 5.74) is 5.04. The molecule has 4 N–H and O–H groups in total. The average Bonchev–Trinajstić information content (AvgIpc) is 3.38. The highest BCUT2D eigenvalue weighted by molar-refractivity contribution is 7.89. The molecule has 2 heterocycles. The van der Waals surface area contributed by atoms with Gasteiger partial charge in [-0.25, -0.2) is 13.1 Å². The maximum atomic E-state index is 12.3. The Morgan fingerprint density at radius 2 is 1.85 bits per heavy atom. The summed E-state index contributed by atoms with van der Waals surface area (Å²) in [6, 6.07) is 8.63. The molecule has 0 unspecified atom stereocenters. The zero-order valence-electron chi connectivity index (χ0n) is 14.4. The number of rotatable bonds is 6. The van der Waals surface area contributed by atoms with E-state index in [1.165, 1.54) is 24.3 Å². The largest absolute Gasteiger partial charge is 0.377 e. The van der Waals surface area contributed by atoms with Crippen LogP contribution in [0, 0.1) is 0 Å². The van der Waals surface area contributed by atoms with Gasteiger partial charge in [0.15, 0.2) is 0 Å². The normalized spacial score (nSPS) is 16.8. The fourth-order valence-electron chi connectivity index (χ4n) is 2.60. The molecule has 2 aromatic rings. The molecule has 1 aromatic carbocycles. The predicted molar refractivity (Wildman–Crippen MR) is 96.3 cm³/mol. The molecule has 9 nitrogen and oxygen atoms in total. The van der Waals surface area contributed by atoms with Crippen molar-refractivity contribution in [1.82, 2.24) is 20.6 Å². The van der Waals surface area contributed by atoms with E-state index >= 15 is 0 Å². The van der Waals surface area contributed by atoms with Gasteiger partial charge in [-0.2, -0.15) is 0 Å². The van der Waals surface area contributed by atoms with Gasteiger partial charge >= 0.3 is 0 Å². The highest BCUT2D eigenvalue weighted by Gasteiger charge is 2.20. The fourth-order valence-corrected chi connectivity index (χ4v) is 3.67. The zero-order chi connectivity index (χ0) is 19.3. The fraction of sp³-hybridized carbons (Fsp3) is 0.294. The molecule has 0 spiro atoms. The number of carbonyl (C=O) groups is 2. The first kappa shape index (κ1) is 19.1. The molecule has 27 heavy (non-hydrogen) atoms. The van der Waals surface area contributed by atoms with Gasteiger partial charge in [0.25, 0.3) is 11.8 Å². The second kappa shape index (κ2) is 8.33. The third-order valence-electron chi connectivity index (χ3n) is 4.08. The lowest BCUT2D eigenvalue weighted by Gasteiger charge is -2.12. The number of aromatic nitrogens is 1. The molecule has 144 valence electrons. The molecular weight excluding hydrogens is 372 g/mol. The Bertz CT molecular complexity index is 888. The van der Waals surface area contributed by atoms with Crippen molar-refractivity contribution < 1.29 is 22.7 Å². The number of amides is 2. The number of nitrogens with one attached hydrogen (secondary N) is 4. The number of hydrazine groups is 1. The summed E-state index contributed by atoms with van der Waals surface area (Å²) in [5, 5.41) is 0. The van der Waals surface area contributed by atoms with Gasteiger partial charge in [0, 0.05) is 24.9 Å². The van der Waals surface area contributed by atoms with Crippen LogP contribution in [0.5, 0.6) is 0 Å². The smallest absolute Gasteiger partial charge is 0.286 e. The zero-order valence-corrected chi connectivity index (χ0v) is 15.2. The number of H-pyrrole nitrogens is 1. The minimum absolute atomic E-state index is 0.0486. The third kappa shape index (κ3) is 4.94. The van der Waals surface area contributed by atoms with E-state index in [0.29, 0.717) is 12.3 Å². The Labute approximate surface area is 156 Å². The van der Waals surface area contributed by atoms with Gasteiger partial charge in [-0.3, -0.25) is 20.4 Å². The first-order valence-electron chi connectivity index (χ1n) is 8.41. The van der Waals surface area contributed by atoms with E-state index in [4.69, 9.17) is 4.74 Å². The van der Waals surface area contributed by atoms with Gasteiger partial charge in [-0.1, -0.05) is 0 Å². The van der Waals surface area contributed by atoms with Crippen LogP contribution in [0.4, 0.5) is 0 Å². The summed E-state index contributed by atoms with van der Waals surface area (Å²) >= 11 is 0. The van der Waals surface area contributed by atoms with Crippen molar-refractivity contribution in [2.24, 2.45) is 0 Å². The molecule has 1 aromatic heterocycles. The molecule has 2 amide bonds. The van der Waals surface area contributed by atoms with E-state index in [2.05, 4.69) is 20.6 Å². The molecule has 1 atom stereocenters. The summed E-state index contributed by atoms with van der Waals surface area (Å²) < 4.78 is 32.5. The lowest BCUT2D eigenvalue weighted by atomic mass is 10.2. The molecule has 10 heteroatoms. The number of aromatic amines is 1. The predicted octanol–water partition coefficient (Wildman–Crippen LogP) is 0.547. The van der Waals surface area contributed by atoms with Crippen molar-refractivity contribution in [1.29, 1.82) is 0 Å². The molecular formula is C17H20N4O5S. The van der Waals surface area contributed by atoms with Gasteiger partial charge < -0.3 is 9.72 Å². The molecule has 1 saturated heterocycles. The van der Waals surface area contributed by atoms with Gasteiger partial charge in [0.1, 0.15) is 5.69 Å². The lowest BCUT2D eigenvalue weighted by Crippen LogP contribution is -2.41. The summed E-state index contributed by atoms with van der Waals surface area (Å²) in [6.45, 7) is 0.867. The van der Waals surface area contributed by atoms with E-state index in [1.807, 2.05) is 0 Å². The summed E-state index contributed by atoms with van der Waals surface area (Å²) in [7, 11) is -3.68. The van der Waals surface area contributed by atoms with Crippen molar-refractivity contribution in [2.75, 3.05) is 13.2 Å². The van der Waals surface area contributed by atoms with Crippen LogP contribution in [0.15, 0.2) is 47.5 Å². The van der Waals surface area contributed by atoms with E-state index in [0.717, 1.165) is 12.8 Å². The Morgan fingerprint density at radius 3 is 2.48 bits per heavy atom. The number of ether oxygens (including phenoxy) is 1.